The summed E-state index contributed by atoms with van der Waals surface area (Å²) in [6.45, 7) is 3.15. The number of thiophene rings is 1. The minimum absolute atomic E-state index is 0.0880. The lowest BCUT2D eigenvalue weighted by Gasteiger charge is -2.22. The number of carbonyl (C=O) groups excluding carboxylic acids is 1. The molecule has 1 atom stereocenters. The molecule has 0 radical (unpaired) electrons. The molecule has 0 fully saturated rings. The van der Waals surface area contributed by atoms with E-state index in [2.05, 4.69) is 21.9 Å². The summed E-state index contributed by atoms with van der Waals surface area (Å²) in [7, 11) is 0. The molecule has 1 aromatic heterocycles. The molecule has 1 heterocycles. The van der Waals surface area contributed by atoms with Gasteiger partial charge in [0, 0.05) is 17.8 Å². The van der Waals surface area contributed by atoms with Gasteiger partial charge >= 0.3 is 0 Å². The Morgan fingerprint density at radius 1 is 1.71 bits per heavy atom. The van der Waals surface area contributed by atoms with E-state index in [1.807, 2.05) is 19.1 Å². The van der Waals surface area contributed by atoms with Gasteiger partial charge in [0.1, 0.15) is 0 Å². The Morgan fingerprint density at radius 3 is 2.88 bits per heavy atom. The lowest BCUT2D eigenvalue weighted by molar-refractivity contribution is -0.132. The second-order valence-electron chi connectivity index (χ2n) is 3.57. The van der Waals surface area contributed by atoms with E-state index >= 15 is 0 Å². The predicted octanol–water partition coefficient (Wildman–Crippen LogP) is 2.21. The molecular formula is C12H15BrN2OS. The van der Waals surface area contributed by atoms with Crippen molar-refractivity contribution in [1.82, 2.24) is 4.90 Å². The van der Waals surface area contributed by atoms with Crippen LogP contribution in [0.5, 0.6) is 0 Å². The molecule has 0 aliphatic rings. The van der Waals surface area contributed by atoms with Crippen molar-refractivity contribution < 1.29 is 4.79 Å². The molecular weight excluding hydrogens is 300 g/mol. The number of amides is 1. The van der Waals surface area contributed by atoms with Crippen molar-refractivity contribution in [2.24, 2.45) is 5.73 Å². The standard InChI is InChI=1S/C12H15BrN2OS/c1-3-5-10(14)12(16)15(4-2)8-9-6-7-11(13)17-9/h1,6-7,10H,4-5,8,14H2,2H3. The van der Waals surface area contributed by atoms with E-state index < -0.39 is 6.04 Å². The smallest absolute Gasteiger partial charge is 0.240 e. The number of hydrogen-bond donors (Lipinski definition) is 1. The lowest BCUT2D eigenvalue weighted by atomic mass is 10.2. The first-order chi connectivity index (χ1) is 8.08. The van der Waals surface area contributed by atoms with Crippen LogP contribution in [0.25, 0.3) is 0 Å². The van der Waals surface area contributed by atoms with Crippen molar-refractivity contribution in [3.63, 3.8) is 0 Å². The monoisotopic (exact) mass is 314 g/mol. The van der Waals surface area contributed by atoms with Crippen molar-refractivity contribution in [1.29, 1.82) is 0 Å². The van der Waals surface area contributed by atoms with Crippen LogP contribution < -0.4 is 5.73 Å². The molecule has 17 heavy (non-hydrogen) atoms. The number of nitrogens with two attached hydrogens (primary N) is 1. The van der Waals surface area contributed by atoms with E-state index in [0.717, 1.165) is 8.66 Å². The summed E-state index contributed by atoms with van der Waals surface area (Å²) < 4.78 is 1.06. The summed E-state index contributed by atoms with van der Waals surface area (Å²) in [6, 6.07) is 3.38. The second-order valence-corrected chi connectivity index (χ2v) is 6.12. The van der Waals surface area contributed by atoms with Crippen molar-refractivity contribution in [3.05, 3.63) is 20.8 Å². The molecule has 0 bridgehead atoms. The zero-order chi connectivity index (χ0) is 12.8. The largest absolute Gasteiger partial charge is 0.336 e. The van der Waals surface area contributed by atoms with Crippen molar-refractivity contribution in [2.45, 2.75) is 25.9 Å². The third-order valence-corrected chi connectivity index (χ3v) is 3.93. The van der Waals surface area contributed by atoms with Crippen LogP contribution in [0.4, 0.5) is 0 Å². The molecule has 1 unspecified atom stereocenters. The molecule has 1 amide bonds. The maximum atomic E-state index is 12.0. The van der Waals surface area contributed by atoms with Gasteiger partial charge in [-0.3, -0.25) is 4.79 Å². The third-order valence-electron chi connectivity index (χ3n) is 2.32. The van der Waals surface area contributed by atoms with E-state index in [0.29, 0.717) is 13.1 Å². The Kier molecular flexibility index (Phi) is 5.69. The molecule has 3 nitrogen and oxygen atoms in total. The molecule has 0 aliphatic carbocycles. The first kappa shape index (κ1) is 14.2. The highest BCUT2D eigenvalue weighted by atomic mass is 79.9. The van der Waals surface area contributed by atoms with Crippen molar-refractivity contribution in [2.75, 3.05) is 6.54 Å². The summed E-state index contributed by atoms with van der Waals surface area (Å²) in [4.78, 5) is 14.8. The van der Waals surface area contributed by atoms with Crippen molar-refractivity contribution >= 4 is 33.2 Å². The summed E-state index contributed by atoms with van der Waals surface area (Å²) in [5.41, 5.74) is 5.72. The summed E-state index contributed by atoms with van der Waals surface area (Å²) >= 11 is 5.01. The molecule has 0 aromatic carbocycles. The molecule has 0 saturated carbocycles. The molecule has 1 aromatic rings. The molecule has 0 spiro atoms. The lowest BCUT2D eigenvalue weighted by Crippen LogP contribution is -2.43. The topological polar surface area (TPSA) is 46.3 Å². The van der Waals surface area contributed by atoms with E-state index in [1.54, 1.807) is 16.2 Å². The average Bonchev–Trinajstić information content (AvgIpc) is 2.71. The Balaban J connectivity index is 2.65. The van der Waals surface area contributed by atoms with Crippen LogP contribution in [0.3, 0.4) is 0 Å². The van der Waals surface area contributed by atoms with Gasteiger partial charge in [0.2, 0.25) is 5.91 Å². The number of carbonyl (C=O) groups is 1. The maximum Gasteiger partial charge on any atom is 0.240 e. The molecule has 1 rings (SSSR count). The normalized spacial score (nSPS) is 11.9. The molecule has 92 valence electrons. The van der Waals surface area contributed by atoms with Crippen LogP contribution in [-0.2, 0) is 11.3 Å². The minimum atomic E-state index is -0.594. The zero-order valence-electron chi connectivity index (χ0n) is 9.65. The zero-order valence-corrected chi connectivity index (χ0v) is 12.1. The summed E-state index contributed by atoms with van der Waals surface area (Å²) in [5.74, 6) is 2.33. The number of halogens is 1. The van der Waals surface area contributed by atoms with Gasteiger partial charge < -0.3 is 10.6 Å². The Bertz CT molecular complexity index is 424. The van der Waals surface area contributed by atoms with Gasteiger partial charge in [-0.1, -0.05) is 0 Å². The minimum Gasteiger partial charge on any atom is -0.336 e. The number of terminal acetylenes is 1. The maximum absolute atomic E-state index is 12.0. The van der Waals surface area contributed by atoms with E-state index in [4.69, 9.17) is 12.2 Å². The van der Waals surface area contributed by atoms with Crippen LogP contribution in [-0.4, -0.2) is 23.4 Å². The van der Waals surface area contributed by atoms with Gasteiger partial charge in [-0.15, -0.1) is 23.7 Å². The van der Waals surface area contributed by atoms with Crippen LogP contribution in [0, 0.1) is 12.3 Å². The fourth-order valence-corrected chi connectivity index (χ4v) is 2.92. The summed E-state index contributed by atoms with van der Waals surface area (Å²) in [6.07, 6.45) is 5.44. The highest BCUT2D eigenvalue weighted by Crippen LogP contribution is 2.23. The van der Waals surface area contributed by atoms with E-state index in [1.165, 1.54) is 0 Å². The Morgan fingerprint density at radius 2 is 2.41 bits per heavy atom. The SMILES string of the molecule is C#CCC(N)C(=O)N(CC)Cc1ccc(Br)s1. The first-order valence-electron chi connectivity index (χ1n) is 5.30. The number of rotatable bonds is 5. The first-order valence-corrected chi connectivity index (χ1v) is 6.91. The highest BCUT2D eigenvalue weighted by molar-refractivity contribution is 9.11. The van der Waals surface area contributed by atoms with E-state index in [9.17, 15) is 4.79 Å². The van der Waals surface area contributed by atoms with Crippen LogP contribution in [0.1, 0.15) is 18.2 Å². The molecule has 5 heteroatoms. The number of likely N-dealkylation sites (N-methyl/N-ethyl adjacent to an activating group) is 1. The number of nitrogens with zero attached hydrogens (tertiary/aromatic N) is 1. The van der Waals surface area contributed by atoms with Crippen LogP contribution in [0.2, 0.25) is 0 Å². The highest BCUT2D eigenvalue weighted by Gasteiger charge is 2.19. The average molecular weight is 315 g/mol. The molecule has 0 aliphatic heterocycles. The van der Waals surface area contributed by atoms with Gasteiger partial charge in [0.25, 0.3) is 0 Å². The number of hydrogen-bond acceptors (Lipinski definition) is 3. The van der Waals surface area contributed by atoms with Gasteiger partial charge in [0.05, 0.1) is 16.4 Å². The van der Waals surface area contributed by atoms with Crippen molar-refractivity contribution in [3.8, 4) is 12.3 Å². The van der Waals surface area contributed by atoms with Gasteiger partial charge in [-0.2, -0.15) is 0 Å². The second kappa shape index (κ2) is 6.80. The van der Waals surface area contributed by atoms with Gasteiger partial charge in [-0.05, 0) is 35.0 Å². The van der Waals surface area contributed by atoms with Gasteiger partial charge in [-0.25, -0.2) is 0 Å². The quantitative estimate of drug-likeness (QED) is 0.847. The fourth-order valence-electron chi connectivity index (χ4n) is 1.42. The van der Waals surface area contributed by atoms with Crippen LogP contribution >= 0.6 is 27.3 Å². The van der Waals surface area contributed by atoms with Crippen LogP contribution in [0.15, 0.2) is 15.9 Å². The molecule has 0 saturated heterocycles. The fraction of sp³-hybridized carbons (Fsp3) is 0.417. The van der Waals surface area contributed by atoms with E-state index in [-0.39, 0.29) is 12.3 Å². The Labute approximate surface area is 114 Å². The predicted molar refractivity (Wildman–Crippen MR) is 74.5 cm³/mol. The summed E-state index contributed by atoms with van der Waals surface area (Å²) in [5, 5.41) is 0. The van der Waals surface area contributed by atoms with Gasteiger partial charge in [0.15, 0.2) is 0 Å². The Hall–Kier alpha value is -0.830. The third kappa shape index (κ3) is 4.15. The molecule has 2 N–H and O–H groups in total.